The maximum Gasteiger partial charge on any atom is 0.162 e. The topological polar surface area (TPSA) is 61.6 Å². The van der Waals surface area contributed by atoms with Gasteiger partial charge in [0.25, 0.3) is 0 Å². The SMILES string of the molecule is CNc1cc(C#N)nc(-c2ccc3c(c2)CCCC3)n1. The molecule has 4 heteroatoms. The fourth-order valence-corrected chi connectivity index (χ4v) is 2.63. The van der Waals surface area contributed by atoms with Crippen LogP contribution < -0.4 is 5.32 Å². The van der Waals surface area contributed by atoms with Gasteiger partial charge >= 0.3 is 0 Å². The summed E-state index contributed by atoms with van der Waals surface area (Å²) in [5, 5.41) is 12.0. The van der Waals surface area contributed by atoms with Crippen molar-refractivity contribution in [1.82, 2.24) is 9.97 Å². The number of hydrogen-bond acceptors (Lipinski definition) is 4. The Morgan fingerprint density at radius 2 is 1.90 bits per heavy atom. The monoisotopic (exact) mass is 264 g/mol. The lowest BCUT2D eigenvalue weighted by Crippen LogP contribution is -2.04. The molecule has 0 radical (unpaired) electrons. The highest BCUT2D eigenvalue weighted by molar-refractivity contribution is 5.60. The fourth-order valence-electron chi connectivity index (χ4n) is 2.63. The highest BCUT2D eigenvalue weighted by atomic mass is 15.0. The third-order valence-corrected chi connectivity index (χ3v) is 3.70. The summed E-state index contributed by atoms with van der Waals surface area (Å²) in [4.78, 5) is 8.75. The van der Waals surface area contributed by atoms with Crippen molar-refractivity contribution in [2.75, 3.05) is 12.4 Å². The summed E-state index contributed by atoms with van der Waals surface area (Å²) in [7, 11) is 1.79. The predicted molar refractivity (Wildman–Crippen MR) is 78.4 cm³/mol. The van der Waals surface area contributed by atoms with Crippen LogP contribution in [0.15, 0.2) is 24.3 Å². The molecule has 20 heavy (non-hydrogen) atoms. The number of aryl methyl sites for hydroxylation is 2. The average molecular weight is 264 g/mol. The molecule has 0 spiro atoms. The van der Waals surface area contributed by atoms with Crippen LogP contribution in [0.3, 0.4) is 0 Å². The highest BCUT2D eigenvalue weighted by Gasteiger charge is 2.12. The minimum absolute atomic E-state index is 0.386. The summed E-state index contributed by atoms with van der Waals surface area (Å²) >= 11 is 0. The number of fused-ring (bicyclic) bond motifs is 1. The van der Waals surface area contributed by atoms with Crippen molar-refractivity contribution in [2.45, 2.75) is 25.7 Å². The molecule has 0 aliphatic heterocycles. The Morgan fingerprint density at radius 3 is 2.65 bits per heavy atom. The van der Waals surface area contributed by atoms with Gasteiger partial charge in [0.2, 0.25) is 0 Å². The molecule has 2 aromatic rings. The van der Waals surface area contributed by atoms with E-state index in [0.717, 1.165) is 18.4 Å². The summed E-state index contributed by atoms with van der Waals surface area (Å²) in [6.07, 6.45) is 4.81. The van der Waals surface area contributed by atoms with E-state index in [1.807, 2.05) is 0 Å². The van der Waals surface area contributed by atoms with Crippen molar-refractivity contribution in [2.24, 2.45) is 0 Å². The second-order valence-electron chi connectivity index (χ2n) is 5.01. The van der Waals surface area contributed by atoms with Gasteiger partial charge in [0.1, 0.15) is 17.6 Å². The summed E-state index contributed by atoms with van der Waals surface area (Å²) in [5.41, 5.74) is 4.20. The zero-order valence-electron chi connectivity index (χ0n) is 11.5. The zero-order valence-corrected chi connectivity index (χ0v) is 11.5. The Bertz CT molecular complexity index is 685. The standard InChI is InChI=1S/C16H16N4/c1-18-15-9-14(10-17)19-16(20-15)13-7-6-11-4-2-3-5-12(11)8-13/h6-9H,2-5H2,1H3,(H,18,19,20). The minimum atomic E-state index is 0.386. The minimum Gasteiger partial charge on any atom is -0.373 e. The summed E-state index contributed by atoms with van der Waals surface area (Å²) in [6, 6.07) is 10.1. The van der Waals surface area contributed by atoms with E-state index in [0.29, 0.717) is 17.3 Å². The predicted octanol–water partition coefficient (Wildman–Crippen LogP) is 2.94. The molecule has 0 saturated heterocycles. The van der Waals surface area contributed by atoms with E-state index in [9.17, 15) is 0 Å². The molecule has 0 amide bonds. The van der Waals surface area contributed by atoms with Gasteiger partial charge in [-0.2, -0.15) is 5.26 Å². The van der Waals surface area contributed by atoms with Gasteiger partial charge in [-0.3, -0.25) is 0 Å². The van der Waals surface area contributed by atoms with E-state index >= 15 is 0 Å². The molecule has 1 N–H and O–H groups in total. The van der Waals surface area contributed by atoms with Crippen molar-refractivity contribution in [3.63, 3.8) is 0 Å². The third-order valence-electron chi connectivity index (χ3n) is 3.70. The molecular formula is C16H16N4. The van der Waals surface area contributed by atoms with Crippen LogP contribution >= 0.6 is 0 Å². The van der Waals surface area contributed by atoms with E-state index in [-0.39, 0.29) is 0 Å². The quantitative estimate of drug-likeness (QED) is 0.906. The Balaban J connectivity index is 2.06. The molecule has 0 atom stereocenters. The van der Waals surface area contributed by atoms with Crippen molar-refractivity contribution in [1.29, 1.82) is 5.26 Å². The molecule has 1 aliphatic carbocycles. The maximum absolute atomic E-state index is 9.05. The molecule has 1 aromatic carbocycles. The van der Waals surface area contributed by atoms with E-state index < -0.39 is 0 Å². The van der Waals surface area contributed by atoms with Crippen LogP contribution in [0, 0.1) is 11.3 Å². The van der Waals surface area contributed by atoms with Crippen LogP contribution in [0.25, 0.3) is 11.4 Å². The van der Waals surface area contributed by atoms with Crippen molar-refractivity contribution in [3.8, 4) is 17.5 Å². The van der Waals surface area contributed by atoms with Gasteiger partial charge in [-0.05, 0) is 42.9 Å². The average Bonchev–Trinajstić information content (AvgIpc) is 2.53. The van der Waals surface area contributed by atoms with Crippen LogP contribution in [0.2, 0.25) is 0 Å². The zero-order chi connectivity index (χ0) is 13.9. The Hall–Kier alpha value is -2.41. The second kappa shape index (κ2) is 5.30. The number of nitrogens with zero attached hydrogens (tertiary/aromatic N) is 3. The normalized spacial score (nSPS) is 13.4. The highest BCUT2D eigenvalue weighted by Crippen LogP contribution is 2.26. The van der Waals surface area contributed by atoms with Crippen LogP contribution in [0.4, 0.5) is 5.82 Å². The number of anilines is 1. The number of benzene rings is 1. The molecule has 0 fully saturated rings. The van der Waals surface area contributed by atoms with E-state index in [1.165, 1.54) is 24.0 Å². The molecule has 100 valence electrons. The van der Waals surface area contributed by atoms with Gasteiger partial charge in [-0.15, -0.1) is 0 Å². The molecule has 0 saturated carbocycles. The van der Waals surface area contributed by atoms with E-state index in [2.05, 4.69) is 39.6 Å². The van der Waals surface area contributed by atoms with Gasteiger partial charge in [-0.25, -0.2) is 9.97 Å². The second-order valence-corrected chi connectivity index (χ2v) is 5.01. The van der Waals surface area contributed by atoms with Gasteiger partial charge in [0.05, 0.1) is 0 Å². The number of nitrogens with one attached hydrogen (secondary N) is 1. The first-order chi connectivity index (χ1) is 9.80. The lowest BCUT2D eigenvalue weighted by molar-refractivity contribution is 0.686. The first kappa shape index (κ1) is 12.6. The van der Waals surface area contributed by atoms with Crippen LogP contribution in [0.1, 0.15) is 29.7 Å². The Labute approximate surface area is 118 Å². The number of aromatic nitrogens is 2. The molecule has 1 heterocycles. The summed E-state index contributed by atoms with van der Waals surface area (Å²) < 4.78 is 0. The molecule has 1 aliphatic rings. The van der Waals surface area contributed by atoms with Crippen molar-refractivity contribution in [3.05, 3.63) is 41.1 Å². The number of nitriles is 1. The first-order valence-electron chi connectivity index (χ1n) is 6.89. The van der Waals surface area contributed by atoms with Gasteiger partial charge in [0.15, 0.2) is 5.82 Å². The first-order valence-corrected chi connectivity index (χ1v) is 6.89. The van der Waals surface area contributed by atoms with Crippen LogP contribution in [-0.4, -0.2) is 17.0 Å². The number of rotatable bonds is 2. The van der Waals surface area contributed by atoms with Gasteiger partial charge < -0.3 is 5.32 Å². The lowest BCUT2D eigenvalue weighted by Gasteiger charge is -2.16. The lowest BCUT2D eigenvalue weighted by atomic mass is 9.90. The molecule has 1 aromatic heterocycles. The van der Waals surface area contributed by atoms with Crippen LogP contribution in [-0.2, 0) is 12.8 Å². The van der Waals surface area contributed by atoms with Crippen molar-refractivity contribution < 1.29 is 0 Å². The Kier molecular flexibility index (Phi) is 3.34. The smallest absolute Gasteiger partial charge is 0.162 e. The van der Waals surface area contributed by atoms with Crippen LogP contribution in [0.5, 0.6) is 0 Å². The molecule has 0 unspecified atom stereocenters. The Morgan fingerprint density at radius 1 is 1.10 bits per heavy atom. The third kappa shape index (κ3) is 2.35. The van der Waals surface area contributed by atoms with E-state index in [1.54, 1.807) is 13.1 Å². The summed E-state index contributed by atoms with van der Waals surface area (Å²) in [6.45, 7) is 0. The van der Waals surface area contributed by atoms with Gasteiger partial charge in [0, 0.05) is 18.7 Å². The fraction of sp³-hybridized carbons (Fsp3) is 0.312. The molecule has 0 bridgehead atoms. The largest absolute Gasteiger partial charge is 0.373 e. The molecule has 4 nitrogen and oxygen atoms in total. The number of hydrogen-bond donors (Lipinski definition) is 1. The van der Waals surface area contributed by atoms with Crippen molar-refractivity contribution >= 4 is 5.82 Å². The molecular weight excluding hydrogens is 248 g/mol. The molecule has 3 rings (SSSR count). The summed E-state index contributed by atoms with van der Waals surface area (Å²) in [5.74, 6) is 1.28. The van der Waals surface area contributed by atoms with Gasteiger partial charge in [-0.1, -0.05) is 12.1 Å². The van der Waals surface area contributed by atoms with E-state index in [4.69, 9.17) is 5.26 Å². The maximum atomic E-state index is 9.05.